The van der Waals surface area contributed by atoms with Gasteiger partial charge in [0.1, 0.15) is 5.54 Å². The largest absolute Gasteiger partial charge is 0.468 e. The number of benzene rings is 1. The summed E-state index contributed by atoms with van der Waals surface area (Å²) in [4.78, 5) is 15.9. The van der Waals surface area contributed by atoms with Crippen LogP contribution in [0.4, 0.5) is 0 Å². The smallest absolute Gasteiger partial charge is 0.328 e. The van der Waals surface area contributed by atoms with E-state index in [1.54, 1.807) is 0 Å². The topological polar surface area (TPSA) is 77.3 Å². The summed E-state index contributed by atoms with van der Waals surface area (Å²) in [5.41, 5.74) is 7.16. The minimum absolute atomic E-state index is 0.337. The minimum atomic E-state index is -1.88. The van der Waals surface area contributed by atoms with Crippen LogP contribution in [0.5, 0.6) is 0 Å². The molecule has 0 fully saturated rings. The van der Waals surface area contributed by atoms with Crippen LogP contribution in [0, 0.1) is 0 Å². The van der Waals surface area contributed by atoms with Crippen molar-refractivity contribution in [3.8, 4) is 0 Å². The van der Waals surface area contributed by atoms with Gasteiger partial charge in [-0.1, -0.05) is 37.8 Å². The third kappa shape index (κ3) is 3.55. The molecule has 24 heavy (non-hydrogen) atoms. The number of carbonyl (C=O) groups is 1. The summed E-state index contributed by atoms with van der Waals surface area (Å²) in [6.45, 7) is 8.92. The molecule has 1 aromatic carbocycles. The molecule has 0 saturated heterocycles. The molecule has 2 rings (SSSR count). The van der Waals surface area contributed by atoms with Gasteiger partial charge in [-0.2, -0.15) is 0 Å². The number of rotatable bonds is 7. The Morgan fingerprint density at radius 3 is 2.58 bits per heavy atom. The zero-order valence-corrected chi connectivity index (χ0v) is 16.2. The zero-order valence-electron chi connectivity index (χ0n) is 15.2. The third-order valence-electron chi connectivity index (χ3n) is 4.31. The molecular formula is C18H28N2O3Si. The number of H-pyrrole nitrogens is 1. The SMILES string of the molecule is CCOC(C(N)(Cc1c[nH]c2ccccc12)C(=O)OC)[Si](C)(C)C. The van der Waals surface area contributed by atoms with Gasteiger partial charge in [0.25, 0.3) is 0 Å². The van der Waals surface area contributed by atoms with E-state index in [1.165, 1.54) is 7.11 Å². The van der Waals surface area contributed by atoms with Crippen LogP contribution in [0.25, 0.3) is 10.9 Å². The number of methoxy groups -OCH3 is 1. The maximum absolute atomic E-state index is 12.6. The van der Waals surface area contributed by atoms with Crippen molar-refractivity contribution in [2.75, 3.05) is 13.7 Å². The maximum atomic E-state index is 12.6. The Hall–Kier alpha value is -1.63. The molecule has 2 aromatic rings. The number of hydrogen-bond donors (Lipinski definition) is 2. The first-order valence-corrected chi connectivity index (χ1v) is 11.9. The van der Waals surface area contributed by atoms with Crippen molar-refractivity contribution in [3.63, 3.8) is 0 Å². The van der Waals surface area contributed by atoms with E-state index in [2.05, 4.69) is 24.6 Å². The van der Waals surface area contributed by atoms with Crippen LogP contribution in [-0.4, -0.2) is 44.0 Å². The Bertz CT molecular complexity index is 708. The van der Waals surface area contributed by atoms with Gasteiger partial charge in [0, 0.05) is 30.1 Å². The van der Waals surface area contributed by atoms with Crippen LogP contribution in [-0.2, 0) is 20.7 Å². The second kappa shape index (κ2) is 7.09. The molecule has 0 spiro atoms. The first kappa shape index (κ1) is 18.7. The van der Waals surface area contributed by atoms with E-state index in [0.29, 0.717) is 13.0 Å². The van der Waals surface area contributed by atoms with Gasteiger partial charge in [0.15, 0.2) is 0 Å². The number of fused-ring (bicyclic) bond motifs is 1. The molecule has 1 heterocycles. The van der Waals surface area contributed by atoms with Crippen molar-refractivity contribution in [2.45, 2.75) is 44.3 Å². The number of aromatic nitrogens is 1. The lowest BCUT2D eigenvalue weighted by Crippen LogP contribution is -2.67. The van der Waals surface area contributed by atoms with E-state index >= 15 is 0 Å². The highest BCUT2D eigenvalue weighted by Crippen LogP contribution is 2.29. The molecule has 0 aliphatic carbocycles. The fourth-order valence-corrected chi connectivity index (χ4v) is 5.82. The van der Waals surface area contributed by atoms with Crippen LogP contribution < -0.4 is 5.73 Å². The average Bonchev–Trinajstić information content (AvgIpc) is 2.93. The monoisotopic (exact) mass is 348 g/mol. The summed E-state index contributed by atoms with van der Waals surface area (Å²) >= 11 is 0. The molecule has 0 saturated carbocycles. The molecule has 0 radical (unpaired) electrons. The van der Waals surface area contributed by atoms with E-state index in [-0.39, 0.29) is 5.73 Å². The number of nitrogens with two attached hydrogens (primary N) is 1. The van der Waals surface area contributed by atoms with Gasteiger partial charge in [-0.3, -0.25) is 0 Å². The van der Waals surface area contributed by atoms with Gasteiger partial charge in [0.2, 0.25) is 0 Å². The molecule has 5 nitrogen and oxygen atoms in total. The number of nitrogens with one attached hydrogen (secondary N) is 1. The summed E-state index contributed by atoms with van der Waals surface area (Å²) in [6.07, 6.45) is 2.29. The van der Waals surface area contributed by atoms with Gasteiger partial charge in [-0.05, 0) is 18.6 Å². The number of ether oxygens (including phenoxy) is 2. The lowest BCUT2D eigenvalue weighted by Gasteiger charge is -2.41. The molecule has 2 unspecified atom stereocenters. The lowest BCUT2D eigenvalue weighted by atomic mass is 9.92. The molecule has 0 aliphatic rings. The highest BCUT2D eigenvalue weighted by molar-refractivity contribution is 6.78. The summed E-state index contributed by atoms with van der Waals surface area (Å²) in [6, 6.07) is 8.00. The third-order valence-corrected chi connectivity index (χ3v) is 6.57. The number of carbonyl (C=O) groups excluding carboxylic acids is 1. The van der Waals surface area contributed by atoms with Crippen LogP contribution in [0.1, 0.15) is 12.5 Å². The molecule has 1 aromatic heterocycles. The Morgan fingerprint density at radius 1 is 1.33 bits per heavy atom. The standard InChI is InChI=1S/C18H28N2O3Si/c1-6-23-17(24(3,4)5)18(19,16(21)22-2)11-13-12-20-15-10-8-7-9-14(13)15/h7-10,12,17,20H,6,11,19H2,1-5H3. The van der Waals surface area contributed by atoms with Crippen LogP contribution in [0.15, 0.2) is 30.5 Å². The molecule has 132 valence electrons. The summed E-state index contributed by atoms with van der Waals surface area (Å²) in [5, 5.41) is 1.07. The van der Waals surface area contributed by atoms with Gasteiger partial charge >= 0.3 is 5.97 Å². The van der Waals surface area contributed by atoms with Crippen molar-refractivity contribution in [2.24, 2.45) is 5.73 Å². The van der Waals surface area contributed by atoms with Crippen LogP contribution >= 0.6 is 0 Å². The van der Waals surface area contributed by atoms with Crippen molar-refractivity contribution in [1.29, 1.82) is 0 Å². The molecule has 3 N–H and O–H groups in total. The highest BCUT2D eigenvalue weighted by Gasteiger charge is 2.50. The van der Waals surface area contributed by atoms with Gasteiger partial charge in [0.05, 0.1) is 20.9 Å². The van der Waals surface area contributed by atoms with Gasteiger partial charge in [-0.15, -0.1) is 0 Å². The van der Waals surface area contributed by atoms with Gasteiger partial charge in [-0.25, -0.2) is 4.79 Å². The number of hydrogen-bond acceptors (Lipinski definition) is 4. The molecule has 2 atom stereocenters. The summed E-state index contributed by atoms with van der Waals surface area (Å²) in [7, 11) is -0.500. The van der Waals surface area contributed by atoms with E-state index in [4.69, 9.17) is 15.2 Å². The molecule has 0 bridgehead atoms. The zero-order chi connectivity index (χ0) is 18.0. The van der Waals surface area contributed by atoms with E-state index in [1.807, 2.05) is 37.4 Å². The fraction of sp³-hybridized carbons (Fsp3) is 0.500. The molecule has 0 aliphatic heterocycles. The van der Waals surface area contributed by atoms with Crippen LogP contribution in [0.2, 0.25) is 19.6 Å². The van der Waals surface area contributed by atoms with E-state index in [9.17, 15) is 4.79 Å². The molecule has 0 amide bonds. The first-order chi connectivity index (χ1) is 11.2. The number of esters is 1. The second-order valence-electron chi connectivity index (χ2n) is 7.27. The predicted molar refractivity (Wildman–Crippen MR) is 99.7 cm³/mol. The Labute approximate surface area is 144 Å². The maximum Gasteiger partial charge on any atom is 0.328 e. The predicted octanol–water partition coefficient (Wildman–Crippen LogP) is 2.86. The van der Waals surface area contributed by atoms with Crippen LogP contribution in [0.3, 0.4) is 0 Å². The Kier molecular flexibility index (Phi) is 5.52. The number of para-hydroxylation sites is 1. The first-order valence-electron chi connectivity index (χ1n) is 8.28. The summed E-state index contributed by atoms with van der Waals surface area (Å²) in [5.74, 6) is -0.423. The highest BCUT2D eigenvalue weighted by atomic mass is 28.3. The van der Waals surface area contributed by atoms with Crippen molar-refractivity contribution >= 4 is 24.9 Å². The van der Waals surface area contributed by atoms with Crippen molar-refractivity contribution < 1.29 is 14.3 Å². The van der Waals surface area contributed by atoms with E-state index in [0.717, 1.165) is 16.5 Å². The Morgan fingerprint density at radius 2 is 2.00 bits per heavy atom. The van der Waals surface area contributed by atoms with E-state index < -0.39 is 19.6 Å². The second-order valence-corrected chi connectivity index (χ2v) is 12.5. The quantitative estimate of drug-likeness (QED) is 0.596. The normalized spacial score (nSPS) is 15.9. The minimum Gasteiger partial charge on any atom is -0.468 e. The molecular weight excluding hydrogens is 320 g/mol. The fourth-order valence-electron chi connectivity index (χ4n) is 3.39. The molecule has 6 heteroatoms. The van der Waals surface area contributed by atoms with Crippen molar-refractivity contribution in [3.05, 3.63) is 36.0 Å². The van der Waals surface area contributed by atoms with Gasteiger partial charge < -0.3 is 20.2 Å². The lowest BCUT2D eigenvalue weighted by molar-refractivity contribution is -0.151. The number of aromatic amines is 1. The summed E-state index contributed by atoms with van der Waals surface area (Å²) < 4.78 is 11.0. The van der Waals surface area contributed by atoms with Crippen molar-refractivity contribution in [1.82, 2.24) is 4.98 Å². The Balaban J connectivity index is 2.49. The average molecular weight is 349 g/mol.